The largest absolute Gasteiger partial charge is 0.318 e. The lowest BCUT2D eigenvalue weighted by Crippen LogP contribution is -2.25. The van der Waals surface area contributed by atoms with Crippen LogP contribution in [0.15, 0.2) is 11.0 Å². The third-order valence-electron chi connectivity index (χ3n) is 4.85. The first-order chi connectivity index (χ1) is 10.1. The van der Waals surface area contributed by atoms with Crippen LogP contribution in [0.2, 0.25) is 0 Å². The minimum Gasteiger partial charge on any atom is -0.318 e. The zero-order valence-electron chi connectivity index (χ0n) is 14.1. The van der Waals surface area contributed by atoms with Gasteiger partial charge in [-0.05, 0) is 42.7 Å². The molecule has 2 heteroatoms. The minimum atomic E-state index is 0.242. The first-order valence-electron chi connectivity index (χ1n) is 8.82. The van der Waals surface area contributed by atoms with Gasteiger partial charge in [0.15, 0.2) is 0 Å². The van der Waals surface area contributed by atoms with E-state index in [4.69, 9.17) is 0 Å². The molecule has 0 N–H and O–H groups in total. The predicted molar refractivity (Wildman–Crippen MR) is 90.1 cm³/mol. The molecular formula is C19H31NO. The van der Waals surface area contributed by atoms with Gasteiger partial charge in [0.05, 0.1) is 0 Å². The van der Waals surface area contributed by atoms with E-state index in [0.717, 1.165) is 18.4 Å². The molecule has 1 aromatic heterocycles. The number of pyridine rings is 1. The van der Waals surface area contributed by atoms with Gasteiger partial charge in [-0.1, -0.05) is 52.4 Å². The quantitative estimate of drug-likeness (QED) is 0.732. The fourth-order valence-electron chi connectivity index (χ4n) is 3.58. The summed E-state index contributed by atoms with van der Waals surface area (Å²) in [6.07, 6.45) is 14.6. The highest BCUT2D eigenvalue weighted by atomic mass is 16.1. The van der Waals surface area contributed by atoms with Crippen molar-refractivity contribution in [3.63, 3.8) is 0 Å². The van der Waals surface area contributed by atoms with Gasteiger partial charge in [-0.15, -0.1) is 0 Å². The van der Waals surface area contributed by atoms with Crippen LogP contribution in [-0.4, -0.2) is 4.57 Å². The molecule has 2 rings (SSSR count). The Morgan fingerprint density at radius 2 is 1.33 bits per heavy atom. The summed E-state index contributed by atoms with van der Waals surface area (Å²) in [7, 11) is 1.91. The van der Waals surface area contributed by atoms with E-state index in [9.17, 15) is 4.79 Å². The number of rotatable bonds is 1. The van der Waals surface area contributed by atoms with Crippen molar-refractivity contribution in [1.29, 1.82) is 0 Å². The zero-order chi connectivity index (χ0) is 15.2. The van der Waals surface area contributed by atoms with Crippen LogP contribution in [0.5, 0.6) is 0 Å². The van der Waals surface area contributed by atoms with Gasteiger partial charge < -0.3 is 4.57 Å². The van der Waals surface area contributed by atoms with Gasteiger partial charge in [-0.3, -0.25) is 4.79 Å². The van der Waals surface area contributed by atoms with Gasteiger partial charge in [-0.2, -0.15) is 0 Å². The van der Waals surface area contributed by atoms with Crippen LogP contribution in [0, 0.1) is 0 Å². The first-order valence-corrected chi connectivity index (χ1v) is 8.82. The van der Waals surface area contributed by atoms with E-state index >= 15 is 0 Å². The third-order valence-corrected chi connectivity index (χ3v) is 4.85. The van der Waals surface area contributed by atoms with Crippen molar-refractivity contribution in [2.75, 3.05) is 0 Å². The lowest BCUT2D eigenvalue weighted by atomic mass is 9.89. The zero-order valence-corrected chi connectivity index (χ0v) is 14.1. The lowest BCUT2D eigenvalue weighted by molar-refractivity contribution is 0.555. The molecule has 21 heavy (non-hydrogen) atoms. The molecule has 1 aliphatic carbocycles. The van der Waals surface area contributed by atoms with Gasteiger partial charge in [0, 0.05) is 18.8 Å². The summed E-state index contributed by atoms with van der Waals surface area (Å²) in [6, 6.07) is 0. The number of hydrogen-bond acceptors (Lipinski definition) is 1. The molecule has 0 unspecified atom stereocenters. The van der Waals surface area contributed by atoms with E-state index in [2.05, 4.69) is 20.0 Å². The second kappa shape index (κ2) is 7.82. The standard InChI is InChI=1S/C19H31NO/c1-15(2)18-14-20(3)19(21)17-13-11-9-7-5-4-6-8-10-12-16(17)18/h14-15H,4-13H2,1-3H3. The van der Waals surface area contributed by atoms with Gasteiger partial charge in [0.25, 0.3) is 5.56 Å². The van der Waals surface area contributed by atoms with Gasteiger partial charge in [0.2, 0.25) is 0 Å². The molecule has 1 aromatic rings. The summed E-state index contributed by atoms with van der Waals surface area (Å²) in [5, 5.41) is 0. The van der Waals surface area contributed by atoms with Crippen LogP contribution in [0.4, 0.5) is 0 Å². The summed E-state index contributed by atoms with van der Waals surface area (Å²) in [6.45, 7) is 4.49. The van der Waals surface area contributed by atoms with Crippen molar-refractivity contribution in [1.82, 2.24) is 4.57 Å². The molecule has 2 nitrogen and oxygen atoms in total. The maximum absolute atomic E-state index is 12.6. The maximum atomic E-state index is 12.6. The average Bonchev–Trinajstić information content (AvgIpc) is 2.43. The molecule has 0 atom stereocenters. The van der Waals surface area contributed by atoms with E-state index in [1.165, 1.54) is 62.5 Å². The summed E-state index contributed by atoms with van der Waals surface area (Å²) in [4.78, 5) is 12.6. The number of fused-ring (bicyclic) bond motifs is 1. The molecule has 0 saturated heterocycles. The molecule has 0 saturated carbocycles. The Labute approximate surface area is 129 Å². The van der Waals surface area contributed by atoms with E-state index in [0.29, 0.717) is 5.92 Å². The summed E-state index contributed by atoms with van der Waals surface area (Å²) in [5.74, 6) is 0.499. The molecule has 0 aromatic carbocycles. The maximum Gasteiger partial charge on any atom is 0.253 e. The van der Waals surface area contributed by atoms with Crippen molar-refractivity contribution in [3.05, 3.63) is 33.2 Å². The highest BCUT2D eigenvalue weighted by Gasteiger charge is 2.16. The molecule has 0 fully saturated rings. The fraction of sp³-hybridized carbons (Fsp3) is 0.737. The topological polar surface area (TPSA) is 22.0 Å². The van der Waals surface area contributed by atoms with E-state index < -0.39 is 0 Å². The Bertz CT molecular complexity index is 513. The smallest absolute Gasteiger partial charge is 0.253 e. The highest BCUT2D eigenvalue weighted by molar-refractivity contribution is 5.35. The number of aromatic nitrogens is 1. The van der Waals surface area contributed by atoms with Crippen molar-refractivity contribution in [3.8, 4) is 0 Å². The molecule has 0 bridgehead atoms. The third kappa shape index (κ3) is 4.21. The molecule has 0 radical (unpaired) electrons. The SMILES string of the molecule is CC(C)c1cn(C)c(=O)c2c1CCCCCCCCCC2. The lowest BCUT2D eigenvalue weighted by Gasteiger charge is -2.19. The molecule has 0 amide bonds. The Kier molecular flexibility index (Phi) is 6.08. The Hall–Kier alpha value is -1.05. The van der Waals surface area contributed by atoms with Gasteiger partial charge in [0.1, 0.15) is 0 Å². The van der Waals surface area contributed by atoms with E-state index in [-0.39, 0.29) is 5.56 Å². The van der Waals surface area contributed by atoms with Gasteiger partial charge >= 0.3 is 0 Å². The Morgan fingerprint density at radius 3 is 1.86 bits per heavy atom. The Morgan fingerprint density at radius 1 is 0.857 bits per heavy atom. The van der Waals surface area contributed by atoms with Crippen LogP contribution >= 0.6 is 0 Å². The van der Waals surface area contributed by atoms with Crippen LogP contribution in [0.1, 0.15) is 87.8 Å². The molecule has 1 heterocycles. The summed E-state index contributed by atoms with van der Waals surface area (Å²) in [5.41, 5.74) is 4.13. The molecular weight excluding hydrogens is 258 g/mol. The minimum absolute atomic E-state index is 0.242. The van der Waals surface area contributed by atoms with Crippen LogP contribution in [0.3, 0.4) is 0 Å². The van der Waals surface area contributed by atoms with Crippen molar-refractivity contribution in [2.45, 2.75) is 84.0 Å². The van der Waals surface area contributed by atoms with E-state index in [1.807, 2.05) is 7.05 Å². The normalized spacial score (nSPS) is 17.9. The van der Waals surface area contributed by atoms with Gasteiger partial charge in [-0.25, -0.2) is 0 Å². The van der Waals surface area contributed by atoms with Crippen LogP contribution in [-0.2, 0) is 19.9 Å². The molecule has 0 aliphatic heterocycles. The van der Waals surface area contributed by atoms with E-state index in [1.54, 1.807) is 4.57 Å². The number of aryl methyl sites for hydroxylation is 1. The summed E-state index contributed by atoms with van der Waals surface area (Å²) >= 11 is 0. The second-order valence-corrected chi connectivity index (χ2v) is 6.94. The highest BCUT2D eigenvalue weighted by Crippen LogP contribution is 2.25. The molecule has 0 spiro atoms. The fourth-order valence-corrected chi connectivity index (χ4v) is 3.58. The second-order valence-electron chi connectivity index (χ2n) is 6.94. The van der Waals surface area contributed by atoms with Crippen molar-refractivity contribution >= 4 is 0 Å². The number of hydrogen-bond donors (Lipinski definition) is 0. The first kappa shape index (κ1) is 16.3. The van der Waals surface area contributed by atoms with Crippen LogP contribution in [0.25, 0.3) is 0 Å². The predicted octanol–water partition coefficient (Wildman–Crippen LogP) is 4.73. The monoisotopic (exact) mass is 289 g/mol. The van der Waals surface area contributed by atoms with Crippen molar-refractivity contribution < 1.29 is 0 Å². The average molecular weight is 289 g/mol. The Balaban J connectivity index is 2.38. The number of nitrogens with zero attached hydrogens (tertiary/aromatic N) is 1. The summed E-state index contributed by atoms with van der Waals surface area (Å²) < 4.78 is 1.81. The van der Waals surface area contributed by atoms with Crippen LogP contribution < -0.4 is 5.56 Å². The van der Waals surface area contributed by atoms with Crippen molar-refractivity contribution in [2.24, 2.45) is 7.05 Å². The molecule has 1 aliphatic rings. The molecule has 118 valence electrons.